The molecule has 138 valence electrons. The molecule has 0 fully saturated rings. The van der Waals surface area contributed by atoms with Gasteiger partial charge in [-0.25, -0.2) is 4.79 Å². The van der Waals surface area contributed by atoms with Crippen LogP contribution >= 0.6 is 11.6 Å². The topological polar surface area (TPSA) is 29.5 Å². The van der Waals surface area contributed by atoms with Crippen LogP contribution < -0.4 is 0 Å². The lowest BCUT2D eigenvalue weighted by Gasteiger charge is -2.34. The molecule has 0 aliphatic carbocycles. The van der Waals surface area contributed by atoms with Crippen molar-refractivity contribution in [2.45, 2.75) is 45.9 Å². The number of hydrogen-bond acceptors (Lipinski definition) is 2. The zero-order valence-corrected chi connectivity index (χ0v) is 15.3. The molecule has 1 aromatic rings. The Hall–Kier alpha value is -1.69. The van der Waals surface area contributed by atoms with E-state index in [-0.39, 0.29) is 5.92 Å². The molecule has 1 amide bonds. The summed E-state index contributed by atoms with van der Waals surface area (Å²) in [4.78, 5) is 14.0. The van der Waals surface area contributed by atoms with Crippen molar-refractivity contribution in [3.63, 3.8) is 0 Å². The Morgan fingerprint density at radius 1 is 1.28 bits per heavy atom. The summed E-state index contributed by atoms with van der Waals surface area (Å²) in [5.74, 6) is 0.223. The van der Waals surface area contributed by atoms with Crippen molar-refractivity contribution in [2.24, 2.45) is 5.92 Å². The lowest BCUT2D eigenvalue weighted by atomic mass is 9.98. The van der Waals surface area contributed by atoms with Crippen LogP contribution in [0.5, 0.6) is 0 Å². The Morgan fingerprint density at radius 3 is 2.44 bits per heavy atom. The van der Waals surface area contributed by atoms with Crippen molar-refractivity contribution in [3.8, 4) is 0 Å². The highest BCUT2D eigenvalue weighted by atomic mass is 35.5. The third-order valence-electron chi connectivity index (χ3n) is 3.68. The second-order valence-electron chi connectivity index (χ2n) is 7.21. The Morgan fingerprint density at radius 2 is 1.92 bits per heavy atom. The smallest absolute Gasteiger partial charge is 0.417 e. The minimum atomic E-state index is -4.52. The van der Waals surface area contributed by atoms with E-state index in [0.717, 1.165) is 6.07 Å². The molecule has 0 N–H and O–H groups in total. The van der Waals surface area contributed by atoms with Gasteiger partial charge in [0, 0.05) is 6.54 Å². The highest BCUT2D eigenvalue weighted by Crippen LogP contribution is 2.37. The molecule has 0 radical (unpaired) electrons. The Bertz CT molecular complexity index is 693. The van der Waals surface area contributed by atoms with Crippen LogP contribution in [-0.4, -0.2) is 23.1 Å². The van der Waals surface area contributed by atoms with E-state index in [0.29, 0.717) is 24.2 Å². The summed E-state index contributed by atoms with van der Waals surface area (Å²) >= 11 is 5.81. The first kappa shape index (κ1) is 19.6. The van der Waals surface area contributed by atoms with Gasteiger partial charge in [0.05, 0.1) is 16.3 Å². The fraction of sp³-hybridized carbons (Fsp3) is 0.500. The van der Waals surface area contributed by atoms with Gasteiger partial charge in [-0.1, -0.05) is 30.7 Å². The summed E-state index contributed by atoms with van der Waals surface area (Å²) in [5, 5.41) is -0.395. The molecule has 2 rings (SSSR count). The maximum absolute atomic E-state index is 12.9. The minimum Gasteiger partial charge on any atom is -0.443 e. The molecule has 3 nitrogen and oxygen atoms in total. The molecule has 0 spiro atoms. The zero-order chi connectivity index (χ0) is 19.0. The van der Waals surface area contributed by atoms with Crippen LogP contribution in [0.4, 0.5) is 18.0 Å². The van der Waals surface area contributed by atoms with E-state index in [9.17, 15) is 18.0 Å². The first-order chi connectivity index (χ1) is 11.4. The van der Waals surface area contributed by atoms with Crippen LogP contribution in [0.1, 0.15) is 45.2 Å². The van der Waals surface area contributed by atoms with E-state index >= 15 is 0 Å². The van der Waals surface area contributed by atoms with Gasteiger partial charge in [-0.05, 0) is 50.8 Å². The van der Waals surface area contributed by atoms with Crippen LogP contribution in [0.25, 0.3) is 5.70 Å². The maximum Gasteiger partial charge on any atom is 0.417 e. The summed E-state index contributed by atoms with van der Waals surface area (Å²) in [5.41, 5.74) is -0.592. The number of amides is 1. The zero-order valence-electron chi connectivity index (χ0n) is 14.6. The molecule has 1 aliphatic heterocycles. The average molecular weight is 376 g/mol. The van der Waals surface area contributed by atoms with Gasteiger partial charge in [0.2, 0.25) is 0 Å². The molecule has 0 bridgehead atoms. The third kappa shape index (κ3) is 4.91. The van der Waals surface area contributed by atoms with Crippen molar-refractivity contribution in [1.82, 2.24) is 4.90 Å². The van der Waals surface area contributed by atoms with Gasteiger partial charge in [0.1, 0.15) is 5.60 Å². The van der Waals surface area contributed by atoms with Crippen molar-refractivity contribution in [2.75, 3.05) is 6.54 Å². The first-order valence-corrected chi connectivity index (χ1v) is 8.34. The second-order valence-corrected chi connectivity index (χ2v) is 7.62. The molecule has 0 saturated heterocycles. The number of carbonyl (C=O) groups is 1. The number of ether oxygens (including phenoxy) is 1. The molecule has 25 heavy (non-hydrogen) atoms. The number of carbonyl (C=O) groups excluding carboxylic acids is 1. The molecule has 0 saturated carbocycles. The minimum absolute atomic E-state index is 0.223. The number of rotatable bonds is 1. The quantitative estimate of drug-likeness (QED) is 0.604. The molecule has 0 aromatic heterocycles. The fourth-order valence-electron chi connectivity index (χ4n) is 2.58. The Balaban J connectivity index is 2.37. The maximum atomic E-state index is 12.9. The molecular weight excluding hydrogens is 355 g/mol. The number of nitrogens with zero attached hydrogens (tertiary/aromatic N) is 1. The first-order valence-electron chi connectivity index (χ1n) is 7.96. The van der Waals surface area contributed by atoms with Gasteiger partial charge in [-0.15, -0.1) is 0 Å². The van der Waals surface area contributed by atoms with E-state index in [1.165, 1.54) is 17.0 Å². The molecule has 1 atom stereocenters. The van der Waals surface area contributed by atoms with Crippen LogP contribution in [0.15, 0.2) is 24.3 Å². The van der Waals surface area contributed by atoms with Gasteiger partial charge in [0.15, 0.2) is 0 Å². The van der Waals surface area contributed by atoms with Gasteiger partial charge < -0.3 is 4.74 Å². The summed E-state index contributed by atoms with van der Waals surface area (Å²) in [7, 11) is 0. The van der Waals surface area contributed by atoms with Crippen molar-refractivity contribution < 1.29 is 22.7 Å². The summed E-state index contributed by atoms with van der Waals surface area (Å²) in [6, 6.07) is 3.50. The molecule has 1 heterocycles. The number of hydrogen-bond donors (Lipinski definition) is 0. The van der Waals surface area contributed by atoms with Crippen LogP contribution in [0, 0.1) is 5.92 Å². The van der Waals surface area contributed by atoms with Crippen LogP contribution in [-0.2, 0) is 10.9 Å². The monoisotopic (exact) mass is 375 g/mol. The SMILES string of the molecule is CC1CC=C(c2ccc(C(F)(F)F)c(Cl)c2)N(C(=O)OC(C)(C)C)C1. The summed E-state index contributed by atoms with van der Waals surface area (Å²) in [6.45, 7) is 7.70. The predicted molar refractivity (Wildman–Crippen MR) is 91.2 cm³/mol. The number of halogens is 4. The summed E-state index contributed by atoms with van der Waals surface area (Å²) < 4.78 is 44.1. The van der Waals surface area contributed by atoms with E-state index in [4.69, 9.17) is 16.3 Å². The van der Waals surface area contributed by atoms with E-state index in [1.54, 1.807) is 20.8 Å². The van der Waals surface area contributed by atoms with Gasteiger partial charge >= 0.3 is 12.3 Å². The van der Waals surface area contributed by atoms with Gasteiger partial charge in [-0.3, -0.25) is 4.90 Å². The molecular formula is C18H21ClF3NO2. The number of benzene rings is 1. The van der Waals surface area contributed by atoms with Crippen LogP contribution in [0.3, 0.4) is 0 Å². The average Bonchev–Trinajstić information content (AvgIpc) is 2.43. The normalized spacial score (nSPS) is 18.8. The van der Waals surface area contributed by atoms with E-state index in [2.05, 4.69) is 0 Å². The Kier molecular flexibility index (Phi) is 5.42. The van der Waals surface area contributed by atoms with Crippen LogP contribution in [0.2, 0.25) is 5.02 Å². The third-order valence-corrected chi connectivity index (χ3v) is 4.00. The molecule has 1 aromatic carbocycles. The van der Waals surface area contributed by atoms with Crippen molar-refractivity contribution in [3.05, 3.63) is 40.4 Å². The molecule has 7 heteroatoms. The largest absolute Gasteiger partial charge is 0.443 e. The standard InChI is InChI=1S/C18H21ClF3NO2/c1-11-5-8-15(23(10-11)16(24)25-17(2,3)4)12-6-7-13(14(19)9-12)18(20,21)22/h6-9,11H,5,10H2,1-4H3. The van der Waals surface area contributed by atoms with E-state index < -0.39 is 28.5 Å². The fourth-order valence-corrected chi connectivity index (χ4v) is 2.86. The number of allylic oxidation sites excluding steroid dienone is 1. The predicted octanol–water partition coefficient (Wildman–Crippen LogP) is 5.98. The highest BCUT2D eigenvalue weighted by molar-refractivity contribution is 6.31. The number of alkyl halides is 3. The van der Waals surface area contributed by atoms with Crippen molar-refractivity contribution >= 4 is 23.4 Å². The lowest BCUT2D eigenvalue weighted by Crippen LogP contribution is -2.39. The van der Waals surface area contributed by atoms with Crippen molar-refractivity contribution in [1.29, 1.82) is 0 Å². The highest BCUT2D eigenvalue weighted by Gasteiger charge is 2.34. The molecule has 1 aliphatic rings. The summed E-state index contributed by atoms with van der Waals surface area (Å²) in [6.07, 6.45) is -2.50. The second kappa shape index (κ2) is 6.90. The lowest BCUT2D eigenvalue weighted by molar-refractivity contribution is -0.137. The van der Waals surface area contributed by atoms with E-state index in [1.807, 2.05) is 13.0 Å². The van der Waals surface area contributed by atoms with Gasteiger partial charge in [-0.2, -0.15) is 13.2 Å². The Labute approximate surface area is 150 Å². The van der Waals surface area contributed by atoms with Gasteiger partial charge in [0.25, 0.3) is 0 Å². The molecule has 1 unspecified atom stereocenters.